The first-order valence-electron chi connectivity index (χ1n) is 17.7. The van der Waals surface area contributed by atoms with E-state index >= 15 is 0 Å². The van der Waals surface area contributed by atoms with E-state index in [4.69, 9.17) is 0 Å². The number of ketones is 2. The van der Waals surface area contributed by atoms with Gasteiger partial charge in [0.25, 0.3) is 0 Å². The van der Waals surface area contributed by atoms with Gasteiger partial charge in [-0.3, -0.25) is 19.6 Å². The summed E-state index contributed by atoms with van der Waals surface area (Å²) in [6.45, 7) is 11.0. The maximum atomic E-state index is 12.7. The van der Waals surface area contributed by atoms with Crippen LogP contribution in [0.3, 0.4) is 0 Å². The highest BCUT2D eigenvalue weighted by Gasteiger charge is 2.21. The zero-order valence-electron chi connectivity index (χ0n) is 31.3. The highest BCUT2D eigenvalue weighted by atomic mass is 35.5. The Morgan fingerprint density at radius 1 is 0.741 bits per heavy atom. The molecule has 0 saturated carbocycles. The van der Waals surface area contributed by atoms with Gasteiger partial charge in [-0.25, -0.2) is 0 Å². The first-order valence-corrected chi connectivity index (χ1v) is 17.7. The number of aliphatic hydroxyl groups excluding tert-OH is 2. The fourth-order valence-electron chi connectivity index (χ4n) is 6.18. The number of nitrogens with zero attached hydrogens (tertiary/aromatic N) is 2. The van der Waals surface area contributed by atoms with Gasteiger partial charge >= 0.3 is 0 Å². The number of halogens is 1. The van der Waals surface area contributed by atoms with Crippen LogP contribution in [0.15, 0.2) is 85.2 Å². The number of phenolic OH excluding ortho intramolecular Hbond substituents is 2. The smallest absolute Gasteiger partial charge is 0.169 e. The summed E-state index contributed by atoms with van der Waals surface area (Å²) < 4.78 is 0. The maximum absolute atomic E-state index is 12.7. The second-order valence-corrected chi connectivity index (χ2v) is 13.4. The van der Waals surface area contributed by atoms with Crippen molar-refractivity contribution >= 4 is 68.5 Å². The van der Waals surface area contributed by atoms with Crippen LogP contribution in [-0.4, -0.2) is 42.0 Å². The van der Waals surface area contributed by atoms with Crippen LogP contribution in [0.2, 0.25) is 0 Å². The number of carbonyl (C=O) groups excluding carboxylic acids is 2. The highest BCUT2D eigenvalue weighted by molar-refractivity contribution is 6.11. The van der Waals surface area contributed by atoms with E-state index in [-0.39, 0.29) is 48.0 Å². The van der Waals surface area contributed by atoms with Gasteiger partial charge in [-0.15, -0.1) is 12.4 Å². The summed E-state index contributed by atoms with van der Waals surface area (Å²) in [5.41, 5.74) is 8.44. The number of hydrogen-bond donors (Lipinski definition) is 6. The number of anilines is 4. The van der Waals surface area contributed by atoms with Crippen LogP contribution in [0.4, 0.5) is 22.7 Å². The van der Waals surface area contributed by atoms with Crippen LogP contribution < -0.4 is 10.6 Å². The van der Waals surface area contributed by atoms with E-state index in [1.165, 1.54) is 0 Å². The predicted molar refractivity (Wildman–Crippen MR) is 218 cm³/mol. The molecule has 0 aliphatic carbocycles. The third kappa shape index (κ3) is 8.97. The van der Waals surface area contributed by atoms with Gasteiger partial charge in [0.15, 0.2) is 11.6 Å². The number of fused-ring (bicyclic) bond motifs is 2. The third-order valence-electron chi connectivity index (χ3n) is 9.04. The lowest BCUT2D eigenvalue weighted by molar-refractivity contribution is 0.0938. The van der Waals surface area contributed by atoms with E-state index in [9.17, 15) is 30.0 Å². The molecule has 1 unspecified atom stereocenters. The number of aromatic nitrogens is 2. The van der Waals surface area contributed by atoms with Gasteiger partial charge in [0.05, 0.1) is 46.2 Å². The Labute approximate surface area is 321 Å². The minimum absolute atomic E-state index is 0. The molecule has 54 heavy (non-hydrogen) atoms. The van der Waals surface area contributed by atoms with E-state index < -0.39 is 6.10 Å². The molecule has 0 aliphatic rings. The lowest BCUT2D eigenvalue weighted by Crippen LogP contribution is -2.12. The summed E-state index contributed by atoms with van der Waals surface area (Å²) in [7, 11) is 0. The number of aryl methyl sites for hydroxylation is 2. The number of aliphatic hydroxyl groups is 2. The first kappa shape index (κ1) is 41.2. The monoisotopic (exact) mass is 750 g/mol. The van der Waals surface area contributed by atoms with E-state index in [1.54, 1.807) is 55.7 Å². The molecule has 2 aromatic heterocycles. The van der Waals surface area contributed by atoms with Crippen molar-refractivity contribution in [1.29, 1.82) is 0 Å². The van der Waals surface area contributed by atoms with Crippen LogP contribution in [0.1, 0.15) is 89.6 Å². The van der Waals surface area contributed by atoms with Crippen molar-refractivity contribution in [3.63, 3.8) is 0 Å². The molecule has 4 aromatic carbocycles. The summed E-state index contributed by atoms with van der Waals surface area (Å²) in [6, 6.07) is 21.2. The second kappa shape index (κ2) is 18.0. The maximum Gasteiger partial charge on any atom is 0.169 e. The van der Waals surface area contributed by atoms with Crippen molar-refractivity contribution in [3.8, 4) is 11.5 Å². The fourth-order valence-corrected chi connectivity index (χ4v) is 6.18. The Morgan fingerprint density at radius 2 is 1.26 bits per heavy atom. The molecule has 0 spiro atoms. The van der Waals surface area contributed by atoms with Gasteiger partial charge in [-0.05, 0) is 74.7 Å². The first-order chi connectivity index (χ1) is 25.3. The van der Waals surface area contributed by atoms with Gasteiger partial charge in [0.1, 0.15) is 11.5 Å². The Hall–Kier alpha value is -5.55. The molecule has 10 nitrogen and oxygen atoms in total. The Kier molecular flexibility index (Phi) is 13.7. The zero-order valence-corrected chi connectivity index (χ0v) is 32.1. The average molecular weight is 751 g/mol. The largest absolute Gasteiger partial charge is 0.508 e. The van der Waals surface area contributed by atoms with E-state index in [0.29, 0.717) is 51.1 Å². The van der Waals surface area contributed by atoms with Gasteiger partial charge in [-0.1, -0.05) is 57.2 Å². The molecule has 0 radical (unpaired) electrons. The lowest BCUT2D eigenvalue weighted by atomic mass is 9.97. The summed E-state index contributed by atoms with van der Waals surface area (Å²) in [6.07, 6.45) is 3.68. The normalized spacial score (nSPS) is 11.4. The molecular formula is C43H47ClN4O6. The predicted octanol–water partition coefficient (Wildman–Crippen LogP) is 9.77. The quantitative estimate of drug-likeness (QED) is 0.0555. The highest BCUT2D eigenvalue weighted by Crippen LogP contribution is 2.36. The van der Waals surface area contributed by atoms with Crippen LogP contribution in [0.25, 0.3) is 21.8 Å². The number of Topliss-reactive ketones (excluding diaryl/α,β-unsaturated/α-hetero) is 2. The number of nitrogens with one attached hydrogen (secondary N) is 2. The molecule has 6 N–H and O–H groups in total. The molecule has 6 aromatic rings. The van der Waals surface area contributed by atoms with Crippen molar-refractivity contribution < 1.29 is 30.0 Å². The van der Waals surface area contributed by atoms with E-state index in [2.05, 4.69) is 20.6 Å². The number of phenols is 2. The molecule has 0 fully saturated rings. The van der Waals surface area contributed by atoms with Crippen LogP contribution in [0.5, 0.6) is 11.5 Å². The van der Waals surface area contributed by atoms with E-state index in [1.807, 2.05) is 71.0 Å². The number of para-hydroxylation sites is 2. The van der Waals surface area contributed by atoms with Crippen molar-refractivity contribution in [1.82, 2.24) is 9.97 Å². The Balaban J connectivity index is 0.000000236. The van der Waals surface area contributed by atoms with Gasteiger partial charge in [-0.2, -0.15) is 0 Å². The molecular weight excluding hydrogens is 704 g/mol. The molecule has 0 amide bonds. The van der Waals surface area contributed by atoms with Gasteiger partial charge < -0.3 is 31.1 Å². The molecule has 1 atom stereocenters. The summed E-state index contributed by atoms with van der Waals surface area (Å²) in [5.74, 6) is 0.225. The molecule has 0 aliphatic heterocycles. The molecule has 2 heterocycles. The minimum Gasteiger partial charge on any atom is -0.508 e. The van der Waals surface area contributed by atoms with Crippen LogP contribution in [-0.2, 0) is 6.61 Å². The standard InChI is InChI=1S/C22H24N2O3.C21H22N2O3.ClH/c1-4-6-20(27)18-12-23-21-16(14(3)25)7-5-8-17(21)22(18)24-19-10-9-15(26)11-13(19)2;1-12(2)21(26)17-10-22-19-14(11-24)5-4-6-16(19)20(17)23-18-8-7-15(25)9-13(18)3;/h5,7-12,14,25-26H,4,6H2,1-3H3,(H,23,24);4-10,12,24-25H,11H2,1-3H3,(H,22,23);1H. The topological polar surface area (TPSA) is 165 Å². The zero-order chi connectivity index (χ0) is 38.4. The number of aromatic hydroxyl groups is 2. The molecule has 0 bridgehead atoms. The fraction of sp³-hybridized carbons (Fsp3) is 0.256. The van der Waals surface area contributed by atoms with Crippen LogP contribution in [0, 0.1) is 19.8 Å². The Bertz CT molecular complexity index is 2310. The van der Waals surface area contributed by atoms with Gasteiger partial charge in [0.2, 0.25) is 0 Å². The van der Waals surface area contributed by atoms with Gasteiger partial charge in [0, 0.05) is 58.0 Å². The van der Waals surface area contributed by atoms with E-state index in [0.717, 1.165) is 39.7 Å². The summed E-state index contributed by atoms with van der Waals surface area (Å²) >= 11 is 0. The molecule has 282 valence electrons. The summed E-state index contributed by atoms with van der Waals surface area (Å²) in [5, 5.41) is 47.3. The average Bonchev–Trinajstić information content (AvgIpc) is 3.13. The molecule has 11 heteroatoms. The van der Waals surface area contributed by atoms with Crippen LogP contribution >= 0.6 is 12.4 Å². The summed E-state index contributed by atoms with van der Waals surface area (Å²) in [4.78, 5) is 34.3. The number of hydrogen-bond acceptors (Lipinski definition) is 10. The number of pyridine rings is 2. The van der Waals surface area contributed by atoms with Crippen molar-refractivity contribution in [2.75, 3.05) is 10.6 Å². The SMILES string of the molecule is CCCC(=O)c1cnc2c(C(C)O)cccc2c1Nc1ccc(O)cc1C.Cc1cc(O)ccc1Nc1c(C(=O)C(C)C)cnc2c(CO)cccc12.Cl. The second-order valence-electron chi connectivity index (χ2n) is 13.4. The molecule has 0 saturated heterocycles. The molecule has 6 rings (SSSR count). The van der Waals surface area contributed by atoms with Crippen molar-refractivity contribution in [2.24, 2.45) is 5.92 Å². The lowest BCUT2D eigenvalue weighted by Gasteiger charge is -2.17. The number of benzene rings is 4. The minimum atomic E-state index is -0.665. The van der Waals surface area contributed by atoms with Crippen molar-refractivity contribution in [2.45, 2.75) is 67.1 Å². The third-order valence-corrected chi connectivity index (χ3v) is 9.04. The number of rotatable bonds is 11. The Morgan fingerprint density at radius 3 is 1.78 bits per heavy atom. The van der Waals surface area contributed by atoms with Crippen molar-refractivity contribution in [3.05, 3.63) is 119 Å². The number of carbonyl (C=O) groups is 2.